The van der Waals surface area contributed by atoms with Gasteiger partial charge in [-0.05, 0) is 54.3 Å². The number of rotatable bonds is 11. The van der Waals surface area contributed by atoms with Crippen molar-refractivity contribution in [2.75, 3.05) is 13.2 Å². The van der Waals surface area contributed by atoms with Crippen molar-refractivity contribution in [2.24, 2.45) is 0 Å². The number of ether oxygens (including phenoxy) is 1. The second-order valence-electron chi connectivity index (χ2n) is 8.25. The molecule has 5 nitrogen and oxygen atoms in total. The van der Waals surface area contributed by atoms with Crippen molar-refractivity contribution in [3.63, 3.8) is 0 Å². The third kappa shape index (κ3) is 7.63. The molecule has 3 aromatic carbocycles. The van der Waals surface area contributed by atoms with E-state index < -0.39 is 6.04 Å². The average molecular weight is 479 g/mol. The van der Waals surface area contributed by atoms with E-state index in [1.54, 1.807) is 17.0 Å². The number of aryl methyl sites for hydroxylation is 1. The molecule has 0 radical (unpaired) electrons. The third-order valence-corrected chi connectivity index (χ3v) is 5.69. The van der Waals surface area contributed by atoms with Crippen molar-refractivity contribution in [1.29, 1.82) is 0 Å². The van der Waals surface area contributed by atoms with Crippen LogP contribution in [0.25, 0.3) is 0 Å². The summed E-state index contributed by atoms with van der Waals surface area (Å²) in [4.78, 5) is 28.3. The Morgan fingerprint density at radius 2 is 1.71 bits per heavy atom. The van der Waals surface area contributed by atoms with E-state index in [0.29, 0.717) is 23.7 Å². The van der Waals surface area contributed by atoms with E-state index in [9.17, 15) is 9.59 Å². The van der Waals surface area contributed by atoms with E-state index in [-0.39, 0.29) is 25.0 Å². The van der Waals surface area contributed by atoms with Crippen molar-refractivity contribution in [1.82, 2.24) is 10.2 Å². The zero-order valence-electron chi connectivity index (χ0n) is 19.7. The van der Waals surface area contributed by atoms with E-state index in [2.05, 4.69) is 5.32 Å². The molecule has 0 bridgehead atoms. The molecule has 0 aliphatic heterocycles. The first-order valence-electron chi connectivity index (χ1n) is 11.5. The van der Waals surface area contributed by atoms with Crippen LogP contribution in [0.3, 0.4) is 0 Å². The minimum Gasteiger partial charge on any atom is -0.484 e. The lowest BCUT2D eigenvalue weighted by Crippen LogP contribution is -2.51. The zero-order chi connectivity index (χ0) is 24.3. The smallest absolute Gasteiger partial charge is 0.261 e. The van der Waals surface area contributed by atoms with Gasteiger partial charge in [-0.1, -0.05) is 73.1 Å². The molecular weight excluding hydrogens is 448 g/mol. The van der Waals surface area contributed by atoms with Crippen LogP contribution in [-0.2, 0) is 22.6 Å². The lowest BCUT2D eigenvalue weighted by molar-refractivity contribution is -0.142. The Kier molecular flexibility index (Phi) is 9.53. The summed E-state index contributed by atoms with van der Waals surface area (Å²) in [6, 6.07) is 23.9. The monoisotopic (exact) mass is 478 g/mol. The average Bonchev–Trinajstić information content (AvgIpc) is 2.85. The third-order valence-electron chi connectivity index (χ3n) is 5.44. The van der Waals surface area contributed by atoms with E-state index in [0.717, 1.165) is 23.1 Å². The molecule has 1 N–H and O–H groups in total. The molecule has 0 heterocycles. The fourth-order valence-corrected chi connectivity index (χ4v) is 3.77. The highest BCUT2D eigenvalue weighted by atomic mass is 35.5. The summed E-state index contributed by atoms with van der Waals surface area (Å²) in [5.74, 6) is 0.183. The first-order valence-corrected chi connectivity index (χ1v) is 11.9. The van der Waals surface area contributed by atoms with Crippen molar-refractivity contribution >= 4 is 23.4 Å². The van der Waals surface area contributed by atoms with Gasteiger partial charge in [0.05, 0.1) is 0 Å². The normalized spacial score (nSPS) is 11.5. The number of nitrogens with zero attached hydrogens (tertiary/aromatic N) is 1. The molecule has 0 fully saturated rings. The van der Waals surface area contributed by atoms with Crippen LogP contribution >= 0.6 is 11.6 Å². The summed E-state index contributed by atoms with van der Waals surface area (Å²) in [7, 11) is 0. The van der Waals surface area contributed by atoms with Crippen molar-refractivity contribution in [3.8, 4) is 5.75 Å². The fourth-order valence-electron chi connectivity index (χ4n) is 3.64. The Bertz CT molecular complexity index is 1070. The van der Waals surface area contributed by atoms with Crippen LogP contribution in [0, 0.1) is 6.92 Å². The molecule has 0 unspecified atom stereocenters. The molecule has 6 heteroatoms. The number of hydrogen-bond donors (Lipinski definition) is 1. The highest BCUT2D eigenvalue weighted by Crippen LogP contribution is 2.18. The Morgan fingerprint density at radius 1 is 0.971 bits per heavy atom. The number of hydrogen-bond acceptors (Lipinski definition) is 3. The number of halogens is 1. The van der Waals surface area contributed by atoms with Crippen molar-refractivity contribution < 1.29 is 14.3 Å². The lowest BCUT2D eigenvalue weighted by Gasteiger charge is -2.31. The van der Waals surface area contributed by atoms with Crippen molar-refractivity contribution in [3.05, 3.63) is 101 Å². The summed E-state index contributed by atoms with van der Waals surface area (Å²) in [5.41, 5.74) is 2.91. The number of carbonyl (C=O) groups excluding carboxylic acids is 2. The van der Waals surface area contributed by atoms with Crippen LogP contribution in [0.5, 0.6) is 5.75 Å². The van der Waals surface area contributed by atoms with Crippen LogP contribution in [0.4, 0.5) is 0 Å². The number of amides is 2. The molecule has 0 aliphatic rings. The maximum Gasteiger partial charge on any atom is 0.261 e. The summed E-state index contributed by atoms with van der Waals surface area (Å²) in [6.45, 7) is 4.62. The van der Waals surface area contributed by atoms with Crippen LogP contribution in [0.15, 0.2) is 78.9 Å². The minimum atomic E-state index is -0.682. The topological polar surface area (TPSA) is 58.6 Å². The van der Waals surface area contributed by atoms with Crippen LogP contribution in [0.2, 0.25) is 5.02 Å². The minimum absolute atomic E-state index is 0.163. The largest absolute Gasteiger partial charge is 0.484 e. The molecule has 3 rings (SSSR count). The molecule has 178 valence electrons. The number of nitrogens with one attached hydrogen (secondary N) is 1. The maximum atomic E-state index is 13.5. The molecule has 0 saturated heterocycles. The van der Waals surface area contributed by atoms with Gasteiger partial charge in [0, 0.05) is 24.5 Å². The van der Waals surface area contributed by atoms with Gasteiger partial charge in [-0.15, -0.1) is 0 Å². The molecule has 2 amide bonds. The lowest BCUT2D eigenvalue weighted by atomic mass is 10.0. The zero-order valence-corrected chi connectivity index (χ0v) is 20.4. The summed E-state index contributed by atoms with van der Waals surface area (Å²) in [5, 5.41) is 3.59. The van der Waals surface area contributed by atoms with Gasteiger partial charge in [-0.3, -0.25) is 9.59 Å². The van der Waals surface area contributed by atoms with Crippen molar-refractivity contribution in [2.45, 2.75) is 39.3 Å². The molecular formula is C28H31ClN2O3. The standard InChI is InChI=1S/C28H31ClN2O3/c1-3-16-30-28(33)26(18-22-9-5-4-6-10-22)31(19-23-12-14-24(29)15-13-23)27(32)20-34-25-11-7-8-21(2)17-25/h4-15,17,26H,3,16,18-20H2,1-2H3,(H,30,33)/t26-/m0/s1. The second-order valence-corrected chi connectivity index (χ2v) is 8.69. The van der Waals surface area contributed by atoms with Gasteiger partial charge >= 0.3 is 0 Å². The summed E-state index contributed by atoms with van der Waals surface area (Å²) in [6.07, 6.45) is 1.21. The van der Waals surface area contributed by atoms with E-state index in [4.69, 9.17) is 16.3 Å². The predicted molar refractivity (Wildman–Crippen MR) is 136 cm³/mol. The van der Waals surface area contributed by atoms with Gasteiger partial charge in [0.15, 0.2) is 6.61 Å². The van der Waals surface area contributed by atoms with E-state index in [1.165, 1.54) is 0 Å². The second kappa shape index (κ2) is 12.8. The Balaban J connectivity index is 1.88. The molecule has 0 aromatic heterocycles. The first-order chi connectivity index (χ1) is 16.5. The Hall–Kier alpha value is -3.31. The predicted octanol–water partition coefficient (Wildman–Crippen LogP) is 5.19. The van der Waals surface area contributed by atoms with Gasteiger partial charge in [0.2, 0.25) is 5.91 Å². The molecule has 1 atom stereocenters. The Morgan fingerprint density at radius 3 is 2.38 bits per heavy atom. The van der Waals surface area contributed by atoms with E-state index in [1.807, 2.05) is 80.6 Å². The van der Waals surface area contributed by atoms with Crippen LogP contribution < -0.4 is 10.1 Å². The molecule has 34 heavy (non-hydrogen) atoms. The highest BCUT2D eigenvalue weighted by molar-refractivity contribution is 6.30. The van der Waals surface area contributed by atoms with Crippen LogP contribution in [0.1, 0.15) is 30.0 Å². The van der Waals surface area contributed by atoms with Gasteiger partial charge in [-0.2, -0.15) is 0 Å². The van der Waals surface area contributed by atoms with Gasteiger partial charge in [0.1, 0.15) is 11.8 Å². The quantitative estimate of drug-likeness (QED) is 0.412. The van der Waals surface area contributed by atoms with Gasteiger partial charge in [0.25, 0.3) is 5.91 Å². The summed E-state index contributed by atoms with van der Waals surface area (Å²) < 4.78 is 5.80. The molecule has 0 saturated carbocycles. The SMILES string of the molecule is CCCNC(=O)[C@H](Cc1ccccc1)N(Cc1ccc(Cl)cc1)C(=O)COc1cccc(C)c1. The van der Waals surface area contributed by atoms with Gasteiger partial charge < -0.3 is 15.0 Å². The fraction of sp³-hybridized carbons (Fsp3) is 0.286. The van der Waals surface area contributed by atoms with Crippen LogP contribution in [-0.4, -0.2) is 35.9 Å². The highest BCUT2D eigenvalue weighted by Gasteiger charge is 2.30. The van der Waals surface area contributed by atoms with Gasteiger partial charge in [-0.25, -0.2) is 0 Å². The summed E-state index contributed by atoms with van der Waals surface area (Å²) >= 11 is 6.05. The first kappa shape index (κ1) is 25.3. The molecule has 0 aliphatic carbocycles. The molecule has 0 spiro atoms. The number of carbonyl (C=O) groups is 2. The number of benzene rings is 3. The molecule has 3 aromatic rings. The van der Waals surface area contributed by atoms with E-state index >= 15 is 0 Å². The Labute approximate surface area is 206 Å². The maximum absolute atomic E-state index is 13.5.